The summed E-state index contributed by atoms with van der Waals surface area (Å²) in [5.74, 6) is 0.893. The zero-order valence-corrected chi connectivity index (χ0v) is 9.74. The van der Waals surface area contributed by atoms with Gasteiger partial charge in [-0.3, -0.25) is 0 Å². The van der Waals surface area contributed by atoms with Crippen molar-refractivity contribution >= 4 is 0 Å². The van der Waals surface area contributed by atoms with Crippen molar-refractivity contribution in [2.24, 2.45) is 5.73 Å². The summed E-state index contributed by atoms with van der Waals surface area (Å²) in [7, 11) is 0. The second kappa shape index (κ2) is 4.99. The van der Waals surface area contributed by atoms with Gasteiger partial charge in [-0.25, -0.2) is 0 Å². The Hall–Kier alpha value is -0.840. The van der Waals surface area contributed by atoms with Gasteiger partial charge in [-0.2, -0.15) is 0 Å². The maximum absolute atomic E-state index is 5.73. The first-order valence-corrected chi connectivity index (χ1v) is 5.84. The number of hydrogen-bond donors (Lipinski definition) is 2. The molecule has 4 heteroatoms. The van der Waals surface area contributed by atoms with Crippen LogP contribution in [0.25, 0.3) is 0 Å². The molecule has 0 radical (unpaired) electrons. The van der Waals surface area contributed by atoms with Crippen LogP contribution in [0.4, 0.5) is 0 Å². The van der Waals surface area contributed by atoms with Crippen molar-refractivity contribution < 1.29 is 9.15 Å². The van der Waals surface area contributed by atoms with Crippen LogP contribution >= 0.6 is 0 Å². The molecule has 90 valence electrons. The molecule has 0 bridgehead atoms. The number of nitrogens with one attached hydrogen (secondary N) is 1. The fraction of sp³-hybridized carbons (Fsp3) is 0.667. The number of ether oxygens (including phenoxy) is 1. The van der Waals surface area contributed by atoms with Crippen LogP contribution < -0.4 is 11.1 Å². The molecule has 2 atom stereocenters. The third-order valence-electron chi connectivity index (χ3n) is 3.15. The van der Waals surface area contributed by atoms with Crippen molar-refractivity contribution in [3.8, 4) is 0 Å². The highest BCUT2D eigenvalue weighted by atomic mass is 16.5. The first-order chi connectivity index (χ1) is 7.73. The van der Waals surface area contributed by atoms with Gasteiger partial charge in [0.25, 0.3) is 0 Å². The first-order valence-electron chi connectivity index (χ1n) is 5.84. The van der Waals surface area contributed by atoms with E-state index >= 15 is 0 Å². The normalized spacial score (nSPS) is 27.1. The Bertz CT molecular complexity index is 305. The third-order valence-corrected chi connectivity index (χ3v) is 3.15. The predicted octanol–water partition coefficient (Wildman–Crippen LogP) is 1.44. The summed E-state index contributed by atoms with van der Waals surface area (Å²) in [5.41, 5.74) is 5.69. The van der Waals surface area contributed by atoms with Gasteiger partial charge in [-0.05, 0) is 31.9 Å². The van der Waals surface area contributed by atoms with E-state index in [1.54, 1.807) is 6.26 Å². The summed E-state index contributed by atoms with van der Waals surface area (Å²) < 4.78 is 11.1. The highest BCUT2D eigenvalue weighted by molar-refractivity contribution is 5.05. The van der Waals surface area contributed by atoms with Gasteiger partial charge in [-0.1, -0.05) is 0 Å². The van der Waals surface area contributed by atoms with Crippen LogP contribution in [0.1, 0.15) is 31.6 Å². The molecule has 2 rings (SSSR count). The highest BCUT2D eigenvalue weighted by Gasteiger charge is 2.30. The molecule has 2 heterocycles. The lowest BCUT2D eigenvalue weighted by atomic mass is 10.0. The average Bonchev–Trinajstić information content (AvgIpc) is 2.91. The Kier molecular flexibility index (Phi) is 3.63. The third kappa shape index (κ3) is 2.64. The largest absolute Gasteiger partial charge is 0.468 e. The second-order valence-electron chi connectivity index (χ2n) is 4.59. The van der Waals surface area contributed by atoms with Gasteiger partial charge in [0.15, 0.2) is 0 Å². The quantitative estimate of drug-likeness (QED) is 0.794. The molecule has 0 amide bonds. The lowest BCUT2D eigenvalue weighted by Crippen LogP contribution is -2.40. The number of furan rings is 1. The average molecular weight is 224 g/mol. The Morgan fingerprint density at radius 3 is 3.06 bits per heavy atom. The maximum atomic E-state index is 5.73. The monoisotopic (exact) mass is 224 g/mol. The molecule has 0 spiro atoms. The minimum atomic E-state index is -0.0417. The molecule has 0 aromatic carbocycles. The van der Waals surface area contributed by atoms with Crippen molar-refractivity contribution in [2.45, 2.75) is 31.4 Å². The standard InChI is InChI=1S/C12H20N2O2/c1-12(5-3-7-16-12)9-14-10(8-13)11-4-2-6-15-11/h2,4,6,10,14H,3,5,7-9,13H2,1H3. The predicted molar refractivity (Wildman–Crippen MR) is 62.1 cm³/mol. The number of nitrogens with two attached hydrogens (primary N) is 1. The zero-order chi connectivity index (χ0) is 11.4. The van der Waals surface area contributed by atoms with Crippen LogP contribution in [0.2, 0.25) is 0 Å². The summed E-state index contributed by atoms with van der Waals surface area (Å²) >= 11 is 0. The van der Waals surface area contributed by atoms with Gasteiger partial charge in [0.2, 0.25) is 0 Å². The molecule has 4 nitrogen and oxygen atoms in total. The van der Waals surface area contributed by atoms with Crippen LogP contribution in [0.5, 0.6) is 0 Å². The van der Waals surface area contributed by atoms with Gasteiger partial charge in [0.05, 0.1) is 17.9 Å². The van der Waals surface area contributed by atoms with Crippen LogP contribution in [0, 0.1) is 0 Å². The number of rotatable bonds is 5. The molecular formula is C12H20N2O2. The highest BCUT2D eigenvalue weighted by Crippen LogP contribution is 2.25. The fourth-order valence-electron chi connectivity index (χ4n) is 2.10. The molecule has 2 unspecified atom stereocenters. The van der Waals surface area contributed by atoms with E-state index in [2.05, 4.69) is 12.2 Å². The van der Waals surface area contributed by atoms with Gasteiger partial charge < -0.3 is 20.2 Å². The van der Waals surface area contributed by atoms with Gasteiger partial charge in [0.1, 0.15) is 5.76 Å². The Morgan fingerprint density at radius 1 is 1.62 bits per heavy atom. The van der Waals surface area contributed by atoms with Crippen LogP contribution in [-0.4, -0.2) is 25.3 Å². The van der Waals surface area contributed by atoms with Gasteiger partial charge >= 0.3 is 0 Å². The SMILES string of the molecule is CC1(CNC(CN)c2ccco2)CCCO1. The smallest absolute Gasteiger partial charge is 0.121 e. The Balaban J connectivity index is 1.88. The van der Waals surface area contributed by atoms with E-state index in [1.807, 2.05) is 12.1 Å². The van der Waals surface area contributed by atoms with Crippen LogP contribution in [0.3, 0.4) is 0 Å². The lowest BCUT2D eigenvalue weighted by Gasteiger charge is -2.26. The summed E-state index contributed by atoms with van der Waals surface area (Å²) in [5, 5.41) is 3.41. The van der Waals surface area contributed by atoms with Gasteiger partial charge in [-0.15, -0.1) is 0 Å². The molecule has 1 aromatic heterocycles. The van der Waals surface area contributed by atoms with Crippen LogP contribution in [-0.2, 0) is 4.74 Å². The molecule has 1 aromatic rings. The van der Waals surface area contributed by atoms with E-state index < -0.39 is 0 Å². The topological polar surface area (TPSA) is 60.4 Å². The maximum Gasteiger partial charge on any atom is 0.121 e. The molecule has 0 saturated carbocycles. The first kappa shape index (κ1) is 11.6. The Labute approximate surface area is 96.1 Å². The van der Waals surface area contributed by atoms with Crippen molar-refractivity contribution in [3.63, 3.8) is 0 Å². The fourth-order valence-corrected chi connectivity index (χ4v) is 2.10. The zero-order valence-electron chi connectivity index (χ0n) is 9.74. The van der Waals surface area contributed by atoms with E-state index in [1.165, 1.54) is 0 Å². The summed E-state index contributed by atoms with van der Waals surface area (Å²) in [6.07, 6.45) is 3.93. The molecule has 1 fully saturated rings. The summed E-state index contributed by atoms with van der Waals surface area (Å²) in [6, 6.07) is 3.91. The van der Waals surface area contributed by atoms with E-state index in [4.69, 9.17) is 14.9 Å². The van der Waals surface area contributed by atoms with E-state index in [0.29, 0.717) is 6.54 Å². The minimum Gasteiger partial charge on any atom is -0.468 e. The molecular weight excluding hydrogens is 204 g/mol. The second-order valence-corrected chi connectivity index (χ2v) is 4.59. The molecule has 1 aliphatic rings. The molecule has 1 saturated heterocycles. The van der Waals surface area contributed by atoms with Crippen molar-refractivity contribution in [2.75, 3.05) is 19.7 Å². The van der Waals surface area contributed by atoms with E-state index in [-0.39, 0.29) is 11.6 Å². The van der Waals surface area contributed by atoms with E-state index in [9.17, 15) is 0 Å². The molecule has 0 aliphatic carbocycles. The molecule has 16 heavy (non-hydrogen) atoms. The molecule has 3 N–H and O–H groups in total. The van der Waals surface area contributed by atoms with Crippen molar-refractivity contribution in [1.82, 2.24) is 5.32 Å². The van der Waals surface area contributed by atoms with Gasteiger partial charge in [0, 0.05) is 19.7 Å². The van der Waals surface area contributed by atoms with Crippen molar-refractivity contribution in [1.29, 1.82) is 0 Å². The van der Waals surface area contributed by atoms with E-state index in [0.717, 1.165) is 31.8 Å². The summed E-state index contributed by atoms with van der Waals surface area (Å²) in [6.45, 7) is 4.36. The van der Waals surface area contributed by atoms with Crippen LogP contribution in [0.15, 0.2) is 22.8 Å². The van der Waals surface area contributed by atoms with Crippen molar-refractivity contribution in [3.05, 3.63) is 24.2 Å². The Morgan fingerprint density at radius 2 is 2.50 bits per heavy atom. The summed E-state index contributed by atoms with van der Waals surface area (Å²) in [4.78, 5) is 0. The lowest BCUT2D eigenvalue weighted by molar-refractivity contribution is 0.0184. The molecule has 1 aliphatic heterocycles. The minimum absolute atomic E-state index is 0.0417. The number of hydrogen-bond acceptors (Lipinski definition) is 4.